The van der Waals surface area contributed by atoms with E-state index in [4.69, 9.17) is 9.26 Å². The van der Waals surface area contributed by atoms with Gasteiger partial charge < -0.3 is 19.9 Å². The summed E-state index contributed by atoms with van der Waals surface area (Å²) >= 11 is 0. The van der Waals surface area contributed by atoms with E-state index in [1.165, 1.54) is 0 Å². The van der Waals surface area contributed by atoms with Gasteiger partial charge in [0.1, 0.15) is 5.75 Å². The fourth-order valence-corrected chi connectivity index (χ4v) is 2.30. The van der Waals surface area contributed by atoms with Crippen LogP contribution in [0.3, 0.4) is 0 Å². The molecule has 1 aromatic carbocycles. The van der Waals surface area contributed by atoms with Crippen molar-refractivity contribution < 1.29 is 9.26 Å². The third kappa shape index (κ3) is 5.77. The lowest BCUT2D eigenvalue weighted by molar-refractivity contribution is 0.368. The van der Waals surface area contributed by atoms with Crippen molar-refractivity contribution in [2.45, 2.75) is 39.2 Å². The van der Waals surface area contributed by atoms with Crippen LogP contribution in [0.1, 0.15) is 43.5 Å². The average Bonchev–Trinajstić information content (AvgIpc) is 3.10. The standard InChI is InChI=1S/C18H27N5O2/c1-13(2)17-22-16(25-23-17)10-7-11-20-18(19-3)21-12-14-8-5-6-9-15(14)24-4/h5-6,8-9,13H,7,10-12H2,1-4H3,(H2,19,20,21). The molecule has 7 nitrogen and oxygen atoms in total. The molecule has 25 heavy (non-hydrogen) atoms. The van der Waals surface area contributed by atoms with Crippen molar-refractivity contribution in [3.05, 3.63) is 41.5 Å². The van der Waals surface area contributed by atoms with Crippen LogP contribution < -0.4 is 15.4 Å². The van der Waals surface area contributed by atoms with E-state index >= 15 is 0 Å². The summed E-state index contributed by atoms with van der Waals surface area (Å²) < 4.78 is 10.6. The minimum Gasteiger partial charge on any atom is -0.496 e. The molecule has 0 bridgehead atoms. The Morgan fingerprint density at radius 2 is 2.08 bits per heavy atom. The van der Waals surface area contributed by atoms with Crippen molar-refractivity contribution in [3.8, 4) is 5.75 Å². The van der Waals surface area contributed by atoms with E-state index in [-0.39, 0.29) is 5.92 Å². The van der Waals surface area contributed by atoms with Crippen molar-refractivity contribution in [1.29, 1.82) is 0 Å². The van der Waals surface area contributed by atoms with Crippen LogP contribution in [0.4, 0.5) is 0 Å². The van der Waals surface area contributed by atoms with Crippen LogP contribution in [0.15, 0.2) is 33.8 Å². The summed E-state index contributed by atoms with van der Waals surface area (Å²) in [6, 6.07) is 7.92. The van der Waals surface area contributed by atoms with Gasteiger partial charge in [-0.05, 0) is 12.5 Å². The maximum atomic E-state index is 5.35. The Bertz CT molecular complexity index is 682. The smallest absolute Gasteiger partial charge is 0.226 e. The summed E-state index contributed by atoms with van der Waals surface area (Å²) in [5.41, 5.74) is 1.08. The Labute approximate surface area is 148 Å². The number of hydrogen-bond donors (Lipinski definition) is 2. The molecule has 1 aromatic heterocycles. The van der Waals surface area contributed by atoms with Crippen molar-refractivity contribution in [1.82, 2.24) is 20.8 Å². The monoisotopic (exact) mass is 345 g/mol. The molecule has 0 radical (unpaired) electrons. The van der Waals surface area contributed by atoms with E-state index in [0.717, 1.165) is 42.5 Å². The molecule has 136 valence electrons. The predicted octanol–water partition coefficient (Wildman–Crippen LogP) is 2.50. The Balaban J connectivity index is 1.73. The largest absolute Gasteiger partial charge is 0.496 e. The number of nitrogens with one attached hydrogen (secondary N) is 2. The summed E-state index contributed by atoms with van der Waals surface area (Å²) in [5, 5.41) is 10.5. The van der Waals surface area contributed by atoms with Crippen molar-refractivity contribution in [2.75, 3.05) is 20.7 Å². The lowest BCUT2D eigenvalue weighted by Crippen LogP contribution is -2.37. The lowest BCUT2D eigenvalue weighted by Gasteiger charge is -2.13. The quantitative estimate of drug-likeness (QED) is 0.434. The Morgan fingerprint density at radius 1 is 1.28 bits per heavy atom. The van der Waals surface area contributed by atoms with Crippen LogP contribution in [0.2, 0.25) is 0 Å². The van der Waals surface area contributed by atoms with Gasteiger partial charge in [-0.15, -0.1) is 0 Å². The molecule has 0 atom stereocenters. The van der Waals surface area contributed by atoms with E-state index < -0.39 is 0 Å². The summed E-state index contributed by atoms with van der Waals surface area (Å²) in [5.74, 6) is 3.34. The zero-order valence-electron chi connectivity index (χ0n) is 15.4. The minimum absolute atomic E-state index is 0.286. The number of aromatic nitrogens is 2. The molecule has 0 spiro atoms. The molecule has 0 unspecified atom stereocenters. The first kappa shape index (κ1) is 18.8. The van der Waals surface area contributed by atoms with Gasteiger partial charge in [-0.2, -0.15) is 4.98 Å². The molecule has 2 N–H and O–H groups in total. The number of hydrogen-bond acceptors (Lipinski definition) is 5. The van der Waals surface area contributed by atoms with Gasteiger partial charge in [-0.25, -0.2) is 0 Å². The summed E-state index contributed by atoms with van der Waals surface area (Å²) in [7, 11) is 3.43. The highest BCUT2D eigenvalue weighted by molar-refractivity contribution is 5.79. The molecule has 2 rings (SSSR count). The number of guanidine groups is 1. The molecule has 0 fully saturated rings. The Kier molecular flexibility index (Phi) is 7.25. The van der Waals surface area contributed by atoms with Gasteiger partial charge in [0.05, 0.1) is 7.11 Å². The van der Waals surface area contributed by atoms with Gasteiger partial charge in [0.2, 0.25) is 5.89 Å². The van der Waals surface area contributed by atoms with Crippen LogP contribution in [-0.2, 0) is 13.0 Å². The number of methoxy groups -OCH3 is 1. The molecule has 0 amide bonds. The Hall–Kier alpha value is -2.57. The van der Waals surface area contributed by atoms with Gasteiger partial charge in [-0.1, -0.05) is 37.2 Å². The molecule has 0 aliphatic heterocycles. The summed E-state index contributed by atoms with van der Waals surface area (Å²) in [4.78, 5) is 8.61. The van der Waals surface area contributed by atoms with E-state index in [2.05, 4.69) is 25.8 Å². The third-order valence-corrected chi connectivity index (χ3v) is 3.72. The minimum atomic E-state index is 0.286. The second-order valence-electron chi connectivity index (χ2n) is 5.97. The first-order chi connectivity index (χ1) is 12.1. The normalized spacial score (nSPS) is 11.6. The van der Waals surface area contributed by atoms with Crippen molar-refractivity contribution >= 4 is 5.96 Å². The van der Waals surface area contributed by atoms with Crippen LogP contribution in [0.25, 0.3) is 0 Å². The summed E-state index contributed by atoms with van der Waals surface area (Å²) in [6.45, 7) is 5.51. The number of rotatable bonds is 8. The highest BCUT2D eigenvalue weighted by Crippen LogP contribution is 2.16. The van der Waals surface area contributed by atoms with E-state index in [1.54, 1.807) is 14.2 Å². The first-order valence-electron chi connectivity index (χ1n) is 8.53. The number of nitrogens with zero attached hydrogens (tertiary/aromatic N) is 3. The van der Waals surface area contributed by atoms with Gasteiger partial charge in [0, 0.05) is 38.0 Å². The number of benzene rings is 1. The molecular weight excluding hydrogens is 318 g/mol. The highest BCUT2D eigenvalue weighted by Gasteiger charge is 2.09. The number of ether oxygens (including phenoxy) is 1. The fourth-order valence-electron chi connectivity index (χ4n) is 2.30. The molecule has 0 saturated carbocycles. The molecule has 2 aromatic rings. The summed E-state index contributed by atoms with van der Waals surface area (Å²) in [6.07, 6.45) is 1.63. The maximum Gasteiger partial charge on any atom is 0.226 e. The second kappa shape index (κ2) is 9.66. The zero-order valence-corrected chi connectivity index (χ0v) is 15.4. The third-order valence-electron chi connectivity index (χ3n) is 3.72. The van der Waals surface area contributed by atoms with E-state index in [9.17, 15) is 0 Å². The topological polar surface area (TPSA) is 84.6 Å². The highest BCUT2D eigenvalue weighted by atomic mass is 16.5. The fraction of sp³-hybridized carbons (Fsp3) is 0.500. The van der Waals surface area contributed by atoms with Gasteiger partial charge in [0.25, 0.3) is 0 Å². The van der Waals surface area contributed by atoms with Crippen molar-refractivity contribution in [3.63, 3.8) is 0 Å². The number of aryl methyl sites for hydroxylation is 1. The van der Waals surface area contributed by atoms with E-state index in [1.807, 2.05) is 38.1 Å². The molecule has 0 saturated heterocycles. The maximum absolute atomic E-state index is 5.35. The van der Waals surface area contributed by atoms with Crippen LogP contribution in [0, 0.1) is 0 Å². The van der Waals surface area contributed by atoms with Crippen LogP contribution in [0.5, 0.6) is 5.75 Å². The zero-order chi connectivity index (χ0) is 18.1. The van der Waals surface area contributed by atoms with Gasteiger partial charge >= 0.3 is 0 Å². The Morgan fingerprint density at radius 3 is 2.76 bits per heavy atom. The number of aliphatic imine (C=N–C) groups is 1. The van der Waals surface area contributed by atoms with E-state index in [0.29, 0.717) is 12.4 Å². The molecular formula is C18H27N5O2. The van der Waals surface area contributed by atoms with Crippen LogP contribution in [-0.4, -0.2) is 36.8 Å². The first-order valence-corrected chi connectivity index (χ1v) is 8.53. The van der Waals surface area contributed by atoms with Gasteiger partial charge in [-0.3, -0.25) is 4.99 Å². The number of para-hydroxylation sites is 1. The molecule has 1 heterocycles. The van der Waals surface area contributed by atoms with Crippen LogP contribution >= 0.6 is 0 Å². The lowest BCUT2D eigenvalue weighted by atomic mass is 10.2. The average molecular weight is 345 g/mol. The molecule has 7 heteroatoms. The molecule has 0 aliphatic rings. The van der Waals surface area contributed by atoms with Crippen molar-refractivity contribution in [2.24, 2.45) is 4.99 Å². The predicted molar refractivity (Wildman–Crippen MR) is 97.9 cm³/mol. The molecule has 0 aliphatic carbocycles. The van der Waals surface area contributed by atoms with Gasteiger partial charge in [0.15, 0.2) is 11.8 Å². The SMILES string of the molecule is CN=C(NCCCc1nc(C(C)C)no1)NCc1ccccc1OC. The second-order valence-corrected chi connectivity index (χ2v) is 5.97.